The summed E-state index contributed by atoms with van der Waals surface area (Å²) in [6, 6.07) is 8.20. The summed E-state index contributed by atoms with van der Waals surface area (Å²) < 4.78 is 22.5. The molecule has 11 heteroatoms. The number of esters is 2. The molecule has 1 fully saturated rings. The smallest absolute Gasteiger partial charge is 0.303 e. The standard InChI is InChI=1S/C26H28O11/c1-11-24(35-12(2)27)26(36-13(3)28)23(33)20(34-11)10-17-22(32)21-18(31)8-16(30)9-19(21)37-25(17)14-4-6-15(29)7-5-14/h4-9,11,17,20,23-26,29-31,33H,10H2,1-3H3/t11-,17?,20+,23-,24+,25?,26-/m1/s1. The first kappa shape index (κ1) is 26.2. The lowest BCUT2D eigenvalue weighted by Gasteiger charge is -2.44. The number of rotatable bonds is 5. The molecule has 1 saturated heterocycles. The number of aliphatic hydroxyl groups is 1. The van der Waals surface area contributed by atoms with Gasteiger partial charge in [-0.1, -0.05) is 12.1 Å². The van der Waals surface area contributed by atoms with Crippen LogP contribution in [0.1, 0.15) is 49.2 Å². The third kappa shape index (κ3) is 5.32. The van der Waals surface area contributed by atoms with Gasteiger partial charge in [0.1, 0.15) is 40.8 Å². The maximum atomic E-state index is 13.7. The molecule has 2 aliphatic rings. The van der Waals surface area contributed by atoms with Crippen LogP contribution in [0.15, 0.2) is 36.4 Å². The van der Waals surface area contributed by atoms with Crippen molar-refractivity contribution in [3.05, 3.63) is 47.5 Å². The number of phenols is 3. The van der Waals surface area contributed by atoms with Crippen molar-refractivity contribution in [3.63, 3.8) is 0 Å². The number of phenolic OH excluding ortho intramolecular Hbond substituents is 3. The van der Waals surface area contributed by atoms with Crippen LogP contribution in [0.4, 0.5) is 0 Å². The molecule has 0 aromatic heterocycles. The van der Waals surface area contributed by atoms with Gasteiger partial charge in [-0.05, 0) is 31.0 Å². The van der Waals surface area contributed by atoms with Crippen molar-refractivity contribution < 1.29 is 53.8 Å². The lowest BCUT2D eigenvalue weighted by atomic mass is 9.79. The first-order valence-electron chi connectivity index (χ1n) is 11.7. The number of ketones is 1. The minimum Gasteiger partial charge on any atom is -0.508 e. The van der Waals surface area contributed by atoms with Crippen molar-refractivity contribution in [2.75, 3.05) is 0 Å². The van der Waals surface area contributed by atoms with Crippen LogP contribution in [0.2, 0.25) is 0 Å². The van der Waals surface area contributed by atoms with E-state index in [4.69, 9.17) is 18.9 Å². The van der Waals surface area contributed by atoms with Crippen LogP contribution in [0.3, 0.4) is 0 Å². The third-order valence-corrected chi connectivity index (χ3v) is 6.47. The molecule has 2 aliphatic heterocycles. The number of fused-ring (bicyclic) bond motifs is 1. The Morgan fingerprint density at radius 3 is 2.19 bits per heavy atom. The number of Topliss-reactive ketones (excluding diaryl/α,β-unsaturated/α-hetero) is 1. The fraction of sp³-hybridized carbons (Fsp3) is 0.423. The highest BCUT2D eigenvalue weighted by molar-refractivity contribution is 6.04. The number of hydrogen-bond donors (Lipinski definition) is 4. The first-order valence-corrected chi connectivity index (χ1v) is 11.7. The molecule has 0 amide bonds. The molecule has 4 rings (SSSR count). The Balaban J connectivity index is 1.70. The quantitative estimate of drug-likeness (QED) is 0.430. The van der Waals surface area contributed by atoms with Crippen LogP contribution >= 0.6 is 0 Å². The zero-order chi connectivity index (χ0) is 27.0. The van der Waals surface area contributed by atoms with Crippen LogP contribution in [0.5, 0.6) is 23.0 Å². The molecule has 198 valence electrons. The van der Waals surface area contributed by atoms with Crippen LogP contribution in [-0.2, 0) is 23.8 Å². The van der Waals surface area contributed by atoms with Crippen molar-refractivity contribution >= 4 is 17.7 Å². The monoisotopic (exact) mass is 516 g/mol. The molecule has 0 aliphatic carbocycles. The molecule has 0 bridgehead atoms. The van der Waals surface area contributed by atoms with Gasteiger partial charge in [-0.2, -0.15) is 0 Å². The summed E-state index contributed by atoms with van der Waals surface area (Å²) in [7, 11) is 0. The van der Waals surface area contributed by atoms with Gasteiger partial charge in [-0.25, -0.2) is 0 Å². The normalized spacial score (nSPS) is 29.1. The van der Waals surface area contributed by atoms with Crippen LogP contribution in [0.25, 0.3) is 0 Å². The largest absolute Gasteiger partial charge is 0.508 e. The van der Waals surface area contributed by atoms with E-state index in [1.165, 1.54) is 25.1 Å². The number of carbonyl (C=O) groups is 3. The lowest BCUT2D eigenvalue weighted by molar-refractivity contribution is -0.239. The van der Waals surface area contributed by atoms with Crippen LogP contribution < -0.4 is 4.74 Å². The van der Waals surface area contributed by atoms with Gasteiger partial charge in [0.2, 0.25) is 0 Å². The zero-order valence-corrected chi connectivity index (χ0v) is 20.4. The van der Waals surface area contributed by atoms with Crippen molar-refractivity contribution in [1.29, 1.82) is 0 Å². The fourth-order valence-corrected chi connectivity index (χ4v) is 4.90. The Bertz CT molecular complexity index is 1190. The second-order valence-corrected chi connectivity index (χ2v) is 9.19. The number of carbonyl (C=O) groups excluding carboxylic acids is 3. The topological polar surface area (TPSA) is 169 Å². The third-order valence-electron chi connectivity index (χ3n) is 6.47. The molecule has 2 unspecified atom stereocenters. The van der Waals surface area contributed by atoms with Gasteiger partial charge in [0, 0.05) is 26.0 Å². The number of aromatic hydroxyl groups is 3. The molecule has 2 aromatic carbocycles. The number of benzene rings is 2. The SMILES string of the molecule is CC(=O)O[C@@H]1[C@H](O)[C@H](CC2C(=O)c3c(O)cc(O)cc3OC2c2ccc(O)cc2)O[C@H](C)[C@@H]1OC(C)=O. The van der Waals surface area contributed by atoms with E-state index in [9.17, 15) is 34.8 Å². The second kappa shape index (κ2) is 10.3. The predicted molar refractivity (Wildman–Crippen MR) is 125 cm³/mol. The summed E-state index contributed by atoms with van der Waals surface area (Å²) in [4.78, 5) is 37.0. The maximum Gasteiger partial charge on any atom is 0.303 e. The second-order valence-electron chi connectivity index (χ2n) is 9.19. The van der Waals surface area contributed by atoms with Gasteiger partial charge in [-0.15, -0.1) is 0 Å². The van der Waals surface area contributed by atoms with E-state index in [0.717, 1.165) is 13.0 Å². The highest BCUT2D eigenvalue weighted by Gasteiger charge is 2.50. The zero-order valence-electron chi connectivity index (χ0n) is 20.4. The van der Waals surface area contributed by atoms with Crippen molar-refractivity contribution in [1.82, 2.24) is 0 Å². The van der Waals surface area contributed by atoms with Gasteiger partial charge < -0.3 is 39.4 Å². The first-order chi connectivity index (χ1) is 17.5. The minimum atomic E-state index is -1.47. The van der Waals surface area contributed by atoms with Gasteiger partial charge in [0.25, 0.3) is 0 Å². The van der Waals surface area contributed by atoms with E-state index < -0.39 is 66.0 Å². The van der Waals surface area contributed by atoms with E-state index >= 15 is 0 Å². The van der Waals surface area contributed by atoms with Crippen LogP contribution in [0, 0.1) is 5.92 Å². The molecule has 11 nitrogen and oxygen atoms in total. The minimum absolute atomic E-state index is 0.00118. The molecule has 4 N–H and O–H groups in total. The molecular formula is C26H28O11. The fourth-order valence-electron chi connectivity index (χ4n) is 4.90. The summed E-state index contributed by atoms with van der Waals surface area (Å²) >= 11 is 0. The van der Waals surface area contributed by atoms with E-state index in [-0.39, 0.29) is 29.2 Å². The lowest BCUT2D eigenvalue weighted by Crippen LogP contribution is -2.60. The van der Waals surface area contributed by atoms with Crippen molar-refractivity contribution in [2.45, 2.75) is 63.8 Å². The van der Waals surface area contributed by atoms with Gasteiger partial charge in [-0.3, -0.25) is 14.4 Å². The van der Waals surface area contributed by atoms with E-state index in [2.05, 4.69) is 0 Å². The van der Waals surface area contributed by atoms with Crippen molar-refractivity contribution in [3.8, 4) is 23.0 Å². The van der Waals surface area contributed by atoms with E-state index in [1.54, 1.807) is 19.1 Å². The Hall–Kier alpha value is -3.83. The molecular weight excluding hydrogens is 488 g/mol. The summed E-state index contributed by atoms with van der Waals surface area (Å²) in [5.74, 6) is -3.67. The average molecular weight is 516 g/mol. The highest BCUT2D eigenvalue weighted by Crippen LogP contribution is 2.46. The predicted octanol–water partition coefficient (Wildman–Crippen LogP) is 2.14. The van der Waals surface area contributed by atoms with Crippen LogP contribution in [-0.4, -0.2) is 68.7 Å². The Morgan fingerprint density at radius 2 is 1.57 bits per heavy atom. The summed E-state index contributed by atoms with van der Waals surface area (Å²) in [6.45, 7) is 3.92. The van der Waals surface area contributed by atoms with Gasteiger partial charge in [0.05, 0.1) is 18.1 Å². The summed E-state index contributed by atoms with van der Waals surface area (Å²) in [5.41, 5.74) is 0.378. The Labute approximate surface area is 212 Å². The molecule has 7 atom stereocenters. The number of ether oxygens (including phenoxy) is 4. The maximum absolute atomic E-state index is 13.7. The Morgan fingerprint density at radius 1 is 0.946 bits per heavy atom. The Kier molecular flexibility index (Phi) is 7.28. The number of aliphatic hydroxyl groups excluding tert-OH is 1. The number of hydrogen-bond acceptors (Lipinski definition) is 11. The average Bonchev–Trinajstić information content (AvgIpc) is 2.80. The van der Waals surface area contributed by atoms with Gasteiger partial charge >= 0.3 is 11.9 Å². The highest BCUT2D eigenvalue weighted by atomic mass is 16.6. The summed E-state index contributed by atoms with van der Waals surface area (Å²) in [6.07, 6.45) is -6.71. The summed E-state index contributed by atoms with van der Waals surface area (Å²) in [5, 5.41) is 41.1. The molecule has 37 heavy (non-hydrogen) atoms. The molecule has 0 saturated carbocycles. The molecule has 2 heterocycles. The van der Waals surface area contributed by atoms with E-state index in [0.29, 0.717) is 5.56 Å². The molecule has 0 radical (unpaired) electrons. The van der Waals surface area contributed by atoms with Crippen molar-refractivity contribution in [2.24, 2.45) is 5.92 Å². The van der Waals surface area contributed by atoms with E-state index in [1.807, 2.05) is 0 Å². The molecule has 0 spiro atoms. The molecule has 2 aromatic rings. The van der Waals surface area contributed by atoms with Gasteiger partial charge in [0.15, 0.2) is 18.0 Å².